The first-order valence-corrected chi connectivity index (χ1v) is 17.9. The minimum absolute atomic E-state index is 0. The SMILES string of the molecule is C.CCCCCCCCCCCCCCCCCC.CCCCCCCCCCCCCCCCCC(=O)O. The molecule has 0 aromatic carbocycles. The molecule has 0 rings (SSSR count). The highest BCUT2D eigenvalue weighted by Gasteiger charge is 1.97. The molecule has 0 heterocycles. The molecule has 1 N–H and O–H groups in total. The molecule has 2 heteroatoms. The molecule has 0 unspecified atom stereocenters. The Labute approximate surface area is 249 Å². The molecule has 0 saturated carbocycles. The van der Waals surface area contributed by atoms with Gasteiger partial charge in [-0.05, 0) is 6.42 Å². The van der Waals surface area contributed by atoms with E-state index in [0.717, 1.165) is 12.8 Å². The standard InChI is InChI=1S/C18H36O2.C18H38.CH4/c1-2-3-4-5-6-7-8-9-10-11-12-13-14-15-16-17-18(19)20;1-3-5-7-9-11-13-15-17-18-16-14-12-10-8-6-4-2;/h2-17H2,1H3,(H,19,20);3-18H2,1-2H3;1H4. The van der Waals surface area contributed by atoms with Gasteiger partial charge in [-0.2, -0.15) is 0 Å². The summed E-state index contributed by atoms with van der Waals surface area (Å²) in [6, 6.07) is 0. The number of carbonyl (C=O) groups is 1. The first kappa shape index (κ1) is 42.9. The molecule has 0 saturated heterocycles. The zero-order valence-corrected chi connectivity index (χ0v) is 27.0. The van der Waals surface area contributed by atoms with Crippen LogP contribution in [0, 0.1) is 0 Å². The lowest BCUT2D eigenvalue weighted by Crippen LogP contribution is -1.93. The van der Waals surface area contributed by atoms with Crippen molar-refractivity contribution >= 4 is 5.97 Å². The van der Waals surface area contributed by atoms with Gasteiger partial charge in [0.15, 0.2) is 0 Å². The fraction of sp³-hybridized carbons (Fsp3) is 0.973. The molecule has 238 valence electrons. The first-order chi connectivity index (χ1) is 18.7. The summed E-state index contributed by atoms with van der Waals surface area (Å²) in [5.74, 6) is -0.653. The van der Waals surface area contributed by atoms with Gasteiger partial charge in [-0.25, -0.2) is 0 Å². The van der Waals surface area contributed by atoms with Crippen LogP contribution in [0.1, 0.15) is 234 Å². The molecule has 0 radical (unpaired) electrons. The van der Waals surface area contributed by atoms with E-state index in [1.165, 1.54) is 186 Å². The molecule has 0 amide bonds. The van der Waals surface area contributed by atoms with E-state index in [0.29, 0.717) is 6.42 Å². The Kier molecular flexibility index (Phi) is 46.2. The van der Waals surface area contributed by atoms with Crippen molar-refractivity contribution in [3.05, 3.63) is 0 Å². The lowest BCUT2D eigenvalue weighted by Gasteiger charge is -2.03. The molecular weight excluding hydrogens is 476 g/mol. The van der Waals surface area contributed by atoms with Gasteiger partial charge in [-0.15, -0.1) is 0 Å². The molecule has 2 nitrogen and oxygen atoms in total. The number of hydrogen-bond donors (Lipinski definition) is 1. The molecule has 39 heavy (non-hydrogen) atoms. The molecule has 0 atom stereocenters. The third-order valence-electron chi connectivity index (χ3n) is 7.95. The zero-order valence-electron chi connectivity index (χ0n) is 27.0. The van der Waals surface area contributed by atoms with Crippen LogP contribution in [0.5, 0.6) is 0 Å². The quantitative estimate of drug-likeness (QED) is 0.0865. The van der Waals surface area contributed by atoms with Crippen molar-refractivity contribution in [3.8, 4) is 0 Å². The normalized spacial score (nSPS) is 10.6. The fourth-order valence-corrected chi connectivity index (χ4v) is 5.27. The molecule has 0 aliphatic carbocycles. The van der Waals surface area contributed by atoms with Gasteiger partial charge in [-0.1, -0.05) is 221 Å². The smallest absolute Gasteiger partial charge is 0.303 e. The third kappa shape index (κ3) is 47.6. The first-order valence-electron chi connectivity index (χ1n) is 17.9. The van der Waals surface area contributed by atoms with Crippen LogP contribution < -0.4 is 0 Å². The molecule has 0 aliphatic heterocycles. The summed E-state index contributed by atoms with van der Waals surface area (Å²) in [5, 5.41) is 8.52. The van der Waals surface area contributed by atoms with Gasteiger partial charge in [0.2, 0.25) is 0 Å². The summed E-state index contributed by atoms with van der Waals surface area (Å²) in [7, 11) is 0. The highest BCUT2D eigenvalue weighted by molar-refractivity contribution is 5.66. The Bertz CT molecular complexity index is 390. The van der Waals surface area contributed by atoms with Crippen LogP contribution in [0.3, 0.4) is 0 Å². The summed E-state index contributed by atoms with van der Waals surface area (Å²) in [4.78, 5) is 10.3. The summed E-state index contributed by atoms with van der Waals surface area (Å²) in [5.41, 5.74) is 0. The predicted octanol–water partition coefficient (Wildman–Crippen LogP) is 14.2. The van der Waals surface area contributed by atoms with Crippen molar-refractivity contribution in [3.63, 3.8) is 0 Å². The van der Waals surface area contributed by atoms with E-state index in [2.05, 4.69) is 20.8 Å². The van der Waals surface area contributed by atoms with Crippen LogP contribution in [0.2, 0.25) is 0 Å². The van der Waals surface area contributed by atoms with Gasteiger partial charge in [0.05, 0.1) is 0 Å². The number of rotatable bonds is 31. The Morgan fingerprint density at radius 3 is 0.641 bits per heavy atom. The summed E-state index contributed by atoms with van der Waals surface area (Å²) in [6.45, 7) is 6.86. The van der Waals surface area contributed by atoms with Crippen LogP contribution in [-0.4, -0.2) is 11.1 Å². The Morgan fingerprint density at radius 1 is 0.333 bits per heavy atom. The van der Waals surface area contributed by atoms with Crippen molar-refractivity contribution in [2.24, 2.45) is 0 Å². The van der Waals surface area contributed by atoms with Gasteiger partial charge in [-0.3, -0.25) is 4.79 Å². The fourth-order valence-electron chi connectivity index (χ4n) is 5.27. The van der Waals surface area contributed by atoms with Gasteiger partial charge >= 0.3 is 5.97 Å². The molecule has 0 aliphatic rings. The second-order valence-electron chi connectivity index (χ2n) is 12.0. The van der Waals surface area contributed by atoms with Gasteiger partial charge in [0, 0.05) is 6.42 Å². The third-order valence-corrected chi connectivity index (χ3v) is 7.95. The largest absolute Gasteiger partial charge is 0.481 e. The van der Waals surface area contributed by atoms with E-state index < -0.39 is 5.97 Å². The summed E-state index contributed by atoms with van der Waals surface area (Å²) < 4.78 is 0. The monoisotopic (exact) mass is 555 g/mol. The number of carboxylic acid groups (broad SMARTS) is 1. The topological polar surface area (TPSA) is 37.3 Å². The molecule has 0 aromatic heterocycles. The minimum atomic E-state index is -0.653. The lowest BCUT2D eigenvalue weighted by atomic mass is 10.0. The van der Waals surface area contributed by atoms with Crippen molar-refractivity contribution in [2.75, 3.05) is 0 Å². The predicted molar refractivity (Wildman–Crippen MR) is 179 cm³/mol. The van der Waals surface area contributed by atoms with Crippen molar-refractivity contribution < 1.29 is 9.90 Å². The molecule has 0 fully saturated rings. The van der Waals surface area contributed by atoms with E-state index in [-0.39, 0.29) is 7.43 Å². The minimum Gasteiger partial charge on any atom is -0.481 e. The number of unbranched alkanes of at least 4 members (excludes halogenated alkanes) is 29. The zero-order chi connectivity index (χ0) is 28.2. The van der Waals surface area contributed by atoms with Crippen molar-refractivity contribution in [1.82, 2.24) is 0 Å². The van der Waals surface area contributed by atoms with E-state index in [4.69, 9.17) is 5.11 Å². The summed E-state index contributed by atoms with van der Waals surface area (Å²) in [6.07, 6.45) is 43.6. The lowest BCUT2D eigenvalue weighted by molar-refractivity contribution is -0.137. The summed E-state index contributed by atoms with van der Waals surface area (Å²) >= 11 is 0. The second kappa shape index (κ2) is 41.9. The number of carboxylic acids is 1. The average molecular weight is 555 g/mol. The van der Waals surface area contributed by atoms with Crippen LogP contribution in [0.4, 0.5) is 0 Å². The highest BCUT2D eigenvalue weighted by Crippen LogP contribution is 2.15. The molecule has 0 aromatic rings. The molecular formula is C37H78O2. The number of aliphatic carboxylic acids is 1. The van der Waals surface area contributed by atoms with E-state index in [1.807, 2.05) is 0 Å². The number of hydrogen-bond acceptors (Lipinski definition) is 1. The van der Waals surface area contributed by atoms with Crippen LogP contribution in [0.15, 0.2) is 0 Å². The van der Waals surface area contributed by atoms with E-state index >= 15 is 0 Å². The molecule has 0 spiro atoms. The average Bonchev–Trinajstić information content (AvgIpc) is 2.91. The van der Waals surface area contributed by atoms with Crippen molar-refractivity contribution in [2.45, 2.75) is 234 Å². The molecule has 0 bridgehead atoms. The van der Waals surface area contributed by atoms with Gasteiger partial charge in [0.25, 0.3) is 0 Å². The maximum atomic E-state index is 10.3. The van der Waals surface area contributed by atoms with Gasteiger partial charge in [0.1, 0.15) is 0 Å². The second-order valence-corrected chi connectivity index (χ2v) is 12.0. The van der Waals surface area contributed by atoms with Gasteiger partial charge < -0.3 is 5.11 Å². The Morgan fingerprint density at radius 2 is 0.487 bits per heavy atom. The van der Waals surface area contributed by atoms with Crippen LogP contribution >= 0.6 is 0 Å². The maximum absolute atomic E-state index is 10.3. The Hall–Kier alpha value is -0.530. The van der Waals surface area contributed by atoms with Crippen LogP contribution in [-0.2, 0) is 4.79 Å². The van der Waals surface area contributed by atoms with Crippen LogP contribution in [0.25, 0.3) is 0 Å². The van der Waals surface area contributed by atoms with E-state index in [9.17, 15) is 4.79 Å². The Balaban J connectivity index is -0.000000651. The van der Waals surface area contributed by atoms with E-state index in [1.54, 1.807) is 0 Å². The van der Waals surface area contributed by atoms with Crippen molar-refractivity contribution in [1.29, 1.82) is 0 Å². The maximum Gasteiger partial charge on any atom is 0.303 e. The highest BCUT2D eigenvalue weighted by atomic mass is 16.4.